The fourth-order valence-electron chi connectivity index (χ4n) is 3.48. The molecule has 1 aromatic heterocycles. The summed E-state index contributed by atoms with van der Waals surface area (Å²) in [7, 11) is 0. The third kappa shape index (κ3) is 5.10. The minimum Gasteiger partial charge on any atom is -0.378 e. The van der Waals surface area contributed by atoms with Crippen LogP contribution in [0.25, 0.3) is 0 Å². The molecule has 1 saturated heterocycles. The molecule has 2 aromatic rings. The Morgan fingerprint density at radius 3 is 2.87 bits per heavy atom. The molecule has 8 nitrogen and oxygen atoms in total. The predicted octanol–water partition coefficient (Wildman–Crippen LogP) is 3.73. The van der Waals surface area contributed by atoms with Gasteiger partial charge >= 0.3 is 6.18 Å². The summed E-state index contributed by atoms with van der Waals surface area (Å²) in [5.41, 5.74) is 2.98. The zero-order chi connectivity index (χ0) is 22.6. The molecule has 1 aliphatic heterocycles. The van der Waals surface area contributed by atoms with Gasteiger partial charge in [-0.05, 0) is 31.9 Å². The van der Waals surface area contributed by atoms with E-state index in [1.54, 1.807) is 29.2 Å². The molecule has 11 heteroatoms. The molecule has 3 atom stereocenters. The number of aliphatic hydroxyl groups is 1. The number of hydrazone groups is 1. The van der Waals surface area contributed by atoms with Gasteiger partial charge in [-0.15, -0.1) is 0 Å². The van der Waals surface area contributed by atoms with Crippen molar-refractivity contribution < 1.29 is 27.6 Å². The second-order valence-electron chi connectivity index (χ2n) is 7.28. The lowest BCUT2D eigenvalue weighted by atomic mass is 9.90. The molecule has 0 spiro atoms. The number of carbonyl (C=O) groups is 1. The molecule has 1 aliphatic rings. The van der Waals surface area contributed by atoms with Crippen LogP contribution in [0.1, 0.15) is 53.6 Å². The fraction of sp³-hybridized carbons (Fsp3) is 0.400. The van der Waals surface area contributed by atoms with Crippen molar-refractivity contribution in [2.75, 3.05) is 12.0 Å². The van der Waals surface area contributed by atoms with Gasteiger partial charge in [0.15, 0.2) is 6.10 Å². The van der Waals surface area contributed by atoms with Crippen molar-refractivity contribution in [2.24, 2.45) is 5.10 Å². The van der Waals surface area contributed by atoms with E-state index in [0.29, 0.717) is 24.1 Å². The summed E-state index contributed by atoms with van der Waals surface area (Å²) in [5.74, 6) is -0.414. The smallest absolute Gasteiger partial charge is 0.378 e. The Morgan fingerprint density at radius 1 is 1.42 bits per heavy atom. The summed E-state index contributed by atoms with van der Waals surface area (Å²) in [4.78, 5) is 14.9. The summed E-state index contributed by atoms with van der Waals surface area (Å²) in [6.45, 7) is 2.13. The van der Waals surface area contributed by atoms with Crippen molar-refractivity contribution in [3.05, 3.63) is 47.3 Å². The number of para-hydroxylation sites is 1. The Bertz CT molecular complexity index is 960. The van der Waals surface area contributed by atoms with Crippen molar-refractivity contribution in [3.63, 3.8) is 0 Å². The summed E-state index contributed by atoms with van der Waals surface area (Å²) < 4.78 is 43.3. The van der Waals surface area contributed by atoms with Gasteiger partial charge in [0.05, 0.1) is 17.5 Å². The number of nitrogens with zero attached hydrogens (tertiary/aromatic N) is 3. The molecule has 0 bridgehead atoms. The number of aromatic nitrogens is 1. The lowest BCUT2D eigenvalue weighted by molar-refractivity contribution is -0.208. The standard InChI is InChI=1S/C20H22F3N5O3/c1-12-6-7-13(17-10-16(27-31-17)18(29)20(21,22)23)11-28(12)19(30)14-4-2-3-5-15(14)26-25-9-8-24/h2-5,8-10,12-13,18,24,26,29H,6-7,11H2,1H3/b24-8?,25-9-/t12-,13-,18+/m1/s1. The Hall–Kier alpha value is -3.21. The van der Waals surface area contributed by atoms with E-state index < -0.39 is 18.0 Å². The van der Waals surface area contributed by atoms with Gasteiger partial charge in [-0.2, -0.15) is 18.3 Å². The zero-order valence-corrected chi connectivity index (χ0v) is 16.6. The minimum atomic E-state index is -4.84. The quantitative estimate of drug-likeness (QED) is 0.471. The highest BCUT2D eigenvalue weighted by molar-refractivity contribution is 6.14. The Morgan fingerprint density at radius 2 is 2.16 bits per heavy atom. The monoisotopic (exact) mass is 437 g/mol. The molecule has 2 heterocycles. The second kappa shape index (κ2) is 9.29. The minimum absolute atomic E-state index is 0.0926. The highest BCUT2D eigenvalue weighted by Crippen LogP contribution is 2.36. The first-order valence-electron chi connectivity index (χ1n) is 9.61. The lowest BCUT2D eigenvalue weighted by Crippen LogP contribution is -2.45. The SMILES string of the molecule is C[C@@H]1CC[C@@H](c2cc([C@H](O)C(F)(F)F)no2)CN1C(=O)c1ccccc1N/N=C\C=N. The molecule has 166 valence electrons. The number of alkyl halides is 3. The number of likely N-dealkylation sites (tertiary alicyclic amines) is 1. The highest BCUT2D eigenvalue weighted by atomic mass is 19.4. The van der Waals surface area contributed by atoms with Gasteiger partial charge in [0, 0.05) is 30.8 Å². The summed E-state index contributed by atoms with van der Waals surface area (Å²) in [6, 6.07) is 7.79. The topological polar surface area (TPSA) is 115 Å². The molecule has 0 saturated carbocycles. The molecule has 1 aromatic carbocycles. The van der Waals surface area contributed by atoms with Crippen molar-refractivity contribution in [2.45, 2.75) is 44.0 Å². The number of hydrogen-bond acceptors (Lipinski definition) is 7. The second-order valence-corrected chi connectivity index (χ2v) is 7.28. The van der Waals surface area contributed by atoms with Crippen molar-refractivity contribution in [1.29, 1.82) is 5.41 Å². The molecular formula is C20H22F3N5O3. The van der Waals surface area contributed by atoms with Crippen LogP contribution in [0.3, 0.4) is 0 Å². The Balaban J connectivity index is 1.79. The van der Waals surface area contributed by atoms with E-state index in [1.165, 1.54) is 6.21 Å². The molecule has 3 rings (SSSR count). The van der Waals surface area contributed by atoms with E-state index in [0.717, 1.165) is 12.3 Å². The first-order chi connectivity index (χ1) is 14.7. The number of piperidine rings is 1. The van der Waals surface area contributed by atoms with E-state index in [2.05, 4.69) is 15.7 Å². The van der Waals surface area contributed by atoms with Gasteiger partial charge < -0.3 is 19.9 Å². The normalized spacial score (nSPS) is 20.6. The summed E-state index contributed by atoms with van der Waals surface area (Å²) in [5, 5.41) is 23.6. The molecule has 0 radical (unpaired) electrons. The van der Waals surface area contributed by atoms with Gasteiger partial charge in [-0.3, -0.25) is 10.2 Å². The largest absolute Gasteiger partial charge is 0.420 e. The van der Waals surface area contributed by atoms with Gasteiger partial charge in [-0.25, -0.2) is 0 Å². The maximum atomic E-state index is 13.2. The number of anilines is 1. The number of aliphatic hydroxyl groups excluding tert-OH is 1. The van der Waals surface area contributed by atoms with Crippen molar-refractivity contribution in [3.8, 4) is 0 Å². The van der Waals surface area contributed by atoms with E-state index in [-0.39, 0.29) is 30.2 Å². The van der Waals surface area contributed by atoms with E-state index in [4.69, 9.17) is 9.93 Å². The number of benzene rings is 1. The molecule has 3 N–H and O–H groups in total. The average molecular weight is 437 g/mol. The third-order valence-electron chi connectivity index (χ3n) is 5.17. The van der Waals surface area contributed by atoms with Gasteiger partial charge in [0.25, 0.3) is 5.91 Å². The van der Waals surface area contributed by atoms with Crippen molar-refractivity contribution in [1.82, 2.24) is 10.1 Å². The number of amides is 1. The number of carbonyl (C=O) groups excluding carboxylic acids is 1. The molecule has 0 unspecified atom stereocenters. The van der Waals surface area contributed by atoms with Crippen LogP contribution in [-0.4, -0.2) is 52.3 Å². The zero-order valence-electron chi connectivity index (χ0n) is 16.6. The number of halogens is 3. The first-order valence-corrected chi connectivity index (χ1v) is 9.61. The van der Waals surface area contributed by atoms with Crippen LogP contribution in [0.5, 0.6) is 0 Å². The summed E-state index contributed by atoms with van der Waals surface area (Å²) >= 11 is 0. The van der Waals surface area contributed by atoms with Crippen LogP contribution in [0.15, 0.2) is 40.0 Å². The molecule has 1 amide bonds. The molecular weight excluding hydrogens is 415 g/mol. The molecule has 0 aliphatic carbocycles. The molecule has 1 fully saturated rings. The van der Waals surface area contributed by atoms with E-state index in [9.17, 15) is 23.1 Å². The van der Waals surface area contributed by atoms with Crippen LogP contribution in [-0.2, 0) is 0 Å². The van der Waals surface area contributed by atoms with Crippen LogP contribution in [0.2, 0.25) is 0 Å². The number of rotatable bonds is 6. The Labute approximate surface area is 176 Å². The number of nitrogens with one attached hydrogen (secondary N) is 2. The van der Waals surface area contributed by atoms with Crippen LogP contribution in [0, 0.1) is 5.41 Å². The van der Waals surface area contributed by atoms with Gasteiger partial charge in [0.1, 0.15) is 11.5 Å². The maximum Gasteiger partial charge on any atom is 0.420 e. The molecule has 31 heavy (non-hydrogen) atoms. The average Bonchev–Trinajstić information content (AvgIpc) is 3.23. The van der Waals surface area contributed by atoms with Crippen LogP contribution >= 0.6 is 0 Å². The van der Waals surface area contributed by atoms with Gasteiger partial charge in [0.2, 0.25) is 0 Å². The lowest BCUT2D eigenvalue weighted by Gasteiger charge is -2.37. The van der Waals surface area contributed by atoms with Gasteiger partial charge in [-0.1, -0.05) is 17.3 Å². The fourth-order valence-corrected chi connectivity index (χ4v) is 3.48. The van der Waals surface area contributed by atoms with Crippen molar-refractivity contribution >= 4 is 24.0 Å². The van der Waals surface area contributed by atoms with Crippen LogP contribution < -0.4 is 5.43 Å². The first kappa shape index (κ1) is 22.5. The highest BCUT2D eigenvalue weighted by Gasteiger charge is 2.42. The summed E-state index contributed by atoms with van der Waals surface area (Å²) in [6.07, 6.45) is -4.10. The van der Waals surface area contributed by atoms with E-state index in [1.807, 2.05) is 6.92 Å². The predicted molar refractivity (Wildman–Crippen MR) is 107 cm³/mol. The Kier molecular flexibility index (Phi) is 6.74. The number of hydrogen-bond donors (Lipinski definition) is 3. The maximum absolute atomic E-state index is 13.2. The van der Waals surface area contributed by atoms with E-state index >= 15 is 0 Å². The third-order valence-corrected chi connectivity index (χ3v) is 5.17. The van der Waals surface area contributed by atoms with Crippen LogP contribution in [0.4, 0.5) is 18.9 Å².